The van der Waals surface area contributed by atoms with E-state index < -0.39 is 0 Å². The molecule has 41 heavy (non-hydrogen) atoms. The number of likely N-dealkylation sites (tertiary alicyclic amines) is 1. The van der Waals surface area contributed by atoms with Crippen LogP contribution in [0.5, 0.6) is 0 Å². The Labute approximate surface area is 242 Å². The van der Waals surface area contributed by atoms with Crippen molar-refractivity contribution in [2.45, 2.75) is 52.9 Å². The number of rotatable bonds is 7. The van der Waals surface area contributed by atoms with Gasteiger partial charge in [0.25, 0.3) is 11.8 Å². The second-order valence-electron chi connectivity index (χ2n) is 11.6. The first kappa shape index (κ1) is 28.3. The van der Waals surface area contributed by atoms with Gasteiger partial charge in [-0.2, -0.15) is 5.10 Å². The van der Waals surface area contributed by atoms with Crippen molar-refractivity contribution in [3.63, 3.8) is 0 Å². The van der Waals surface area contributed by atoms with Crippen LogP contribution in [-0.2, 0) is 13.5 Å². The van der Waals surface area contributed by atoms with Crippen LogP contribution in [0.3, 0.4) is 0 Å². The first-order valence-electron chi connectivity index (χ1n) is 14.4. The van der Waals surface area contributed by atoms with Gasteiger partial charge in [0.15, 0.2) is 0 Å². The van der Waals surface area contributed by atoms with Crippen LogP contribution in [0.4, 0.5) is 5.69 Å². The number of benzene rings is 2. The summed E-state index contributed by atoms with van der Waals surface area (Å²) in [5.74, 6) is 0.703. The summed E-state index contributed by atoms with van der Waals surface area (Å²) < 4.78 is 1.85. The number of nitrogens with one attached hydrogen (secondary N) is 1. The number of hydrogen-bond acceptors (Lipinski definition) is 4. The minimum Gasteiger partial charge on any atom is -0.339 e. The fourth-order valence-corrected chi connectivity index (χ4v) is 5.60. The molecule has 0 saturated carbocycles. The second kappa shape index (κ2) is 12.1. The van der Waals surface area contributed by atoms with Crippen molar-refractivity contribution < 1.29 is 9.59 Å². The lowest BCUT2D eigenvalue weighted by Gasteiger charge is -2.32. The minimum absolute atomic E-state index is 0.000977. The van der Waals surface area contributed by atoms with Gasteiger partial charge in [-0.05, 0) is 85.9 Å². The Morgan fingerprint density at radius 3 is 2.29 bits per heavy atom. The molecule has 212 valence electrons. The van der Waals surface area contributed by atoms with Crippen molar-refractivity contribution in [3.8, 4) is 11.1 Å². The highest BCUT2D eigenvalue weighted by molar-refractivity contribution is 6.05. The van der Waals surface area contributed by atoms with Crippen molar-refractivity contribution in [2.75, 3.05) is 18.4 Å². The molecular formula is C34H39N5O2. The zero-order valence-electron chi connectivity index (χ0n) is 24.6. The number of aromatic nitrogens is 3. The molecule has 2 aromatic carbocycles. The van der Waals surface area contributed by atoms with E-state index in [2.05, 4.69) is 59.7 Å². The molecule has 0 aliphatic carbocycles. The maximum absolute atomic E-state index is 13.4. The molecule has 1 saturated heterocycles. The zero-order valence-corrected chi connectivity index (χ0v) is 24.6. The number of carbonyl (C=O) groups excluding carboxylic acids is 2. The summed E-state index contributed by atoms with van der Waals surface area (Å²) in [7, 11) is 1.94. The van der Waals surface area contributed by atoms with Crippen molar-refractivity contribution in [1.29, 1.82) is 0 Å². The van der Waals surface area contributed by atoms with Crippen LogP contribution in [-0.4, -0.2) is 44.6 Å². The average molecular weight is 550 g/mol. The molecule has 7 heteroatoms. The third-order valence-corrected chi connectivity index (χ3v) is 7.93. The molecule has 0 radical (unpaired) electrons. The van der Waals surface area contributed by atoms with Gasteiger partial charge in [-0.3, -0.25) is 19.3 Å². The highest BCUT2D eigenvalue weighted by atomic mass is 16.2. The summed E-state index contributed by atoms with van der Waals surface area (Å²) in [4.78, 5) is 32.7. The van der Waals surface area contributed by atoms with E-state index in [-0.39, 0.29) is 11.8 Å². The third kappa shape index (κ3) is 6.56. The standard InChI is InChI=1S/C34H39N5O2/c1-22(2)18-30-13-12-29(20-35-30)33(40)36-32-19-28(7-6-23(32)3)34(41)39-16-14-26(15-17-39)25-8-10-27(11-9-25)31-21-38(5)37-24(31)4/h6-13,19-22,26H,14-18H2,1-5H3,(H,36,40). The minimum atomic E-state index is -0.230. The molecule has 5 rings (SSSR count). The van der Waals surface area contributed by atoms with Gasteiger partial charge in [0.05, 0.1) is 11.3 Å². The number of aryl methyl sites for hydroxylation is 3. The van der Waals surface area contributed by atoms with Gasteiger partial charge in [-0.1, -0.05) is 44.2 Å². The van der Waals surface area contributed by atoms with Crippen molar-refractivity contribution in [3.05, 3.63) is 101 Å². The summed E-state index contributed by atoms with van der Waals surface area (Å²) in [6.45, 7) is 9.66. The van der Waals surface area contributed by atoms with Crippen LogP contribution < -0.4 is 5.32 Å². The average Bonchev–Trinajstić information content (AvgIpc) is 3.31. The zero-order chi connectivity index (χ0) is 29.1. The van der Waals surface area contributed by atoms with Crippen LogP contribution in [0.15, 0.2) is 67.0 Å². The number of pyridine rings is 1. The van der Waals surface area contributed by atoms with E-state index in [1.807, 2.05) is 54.7 Å². The van der Waals surface area contributed by atoms with Gasteiger partial charge in [-0.15, -0.1) is 0 Å². The number of amides is 2. The summed E-state index contributed by atoms with van der Waals surface area (Å²) in [6.07, 6.45) is 6.40. The summed E-state index contributed by atoms with van der Waals surface area (Å²) in [6, 6.07) is 18.0. The number of nitrogens with zero attached hydrogens (tertiary/aromatic N) is 4. The van der Waals surface area contributed by atoms with E-state index in [0.717, 1.165) is 41.8 Å². The molecule has 7 nitrogen and oxygen atoms in total. The van der Waals surface area contributed by atoms with E-state index in [0.29, 0.717) is 41.7 Å². The van der Waals surface area contributed by atoms with E-state index in [4.69, 9.17) is 0 Å². The Morgan fingerprint density at radius 1 is 0.976 bits per heavy atom. The number of hydrogen-bond donors (Lipinski definition) is 1. The monoisotopic (exact) mass is 549 g/mol. The molecule has 1 fully saturated rings. The normalized spacial score (nSPS) is 14.0. The fourth-order valence-electron chi connectivity index (χ4n) is 5.60. The highest BCUT2D eigenvalue weighted by Crippen LogP contribution is 2.31. The predicted molar refractivity (Wildman–Crippen MR) is 163 cm³/mol. The van der Waals surface area contributed by atoms with Gasteiger partial charge in [-0.25, -0.2) is 0 Å². The van der Waals surface area contributed by atoms with Crippen LogP contribution in [0, 0.1) is 19.8 Å². The van der Waals surface area contributed by atoms with Gasteiger partial charge in [0.1, 0.15) is 0 Å². The van der Waals surface area contributed by atoms with E-state index >= 15 is 0 Å². The SMILES string of the molecule is Cc1ccc(C(=O)N2CCC(c3ccc(-c4cn(C)nc4C)cc3)CC2)cc1NC(=O)c1ccc(CC(C)C)nc1. The highest BCUT2D eigenvalue weighted by Gasteiger charge is 2.25. The molecule has 2 aromatic heterocycles. The van der Waals surface area contributed by atoms with Gasteiger partial charge < -0.3 is 10.2 Å². The maximum Gasteiger partial charge on any atom is 0.257 e. The molecule has 4 aromatic rings. The van der Waals surface area contributed by atoms with Crippen LogP contribution >= 0.6 is 0 Å². The molecule has 3 heterocycles. The largest absolute Gasteiger partial charge is 0.339 e. The van der Waals surface area contributed by atoms with Crippen LogP contribution in [0.2, 0.25) is 0 Å². The first-order chi connectivity index (χ1) is 19.7. The fraction of sp³-hybridized carbons (Fsp3) is 0.353. The molecule has 1 N–H and O–H groups in total. The molecule has 2 amide bonds. The van der Waals surface area contributed by atoms with Crippen LogP contribution in [0.1, 0.15) is 75.8 Å². The van der Waals surface area contributed by atoms with Crippen molar-refractivity contribution in [1.82, 2.24) is 19.7 Å². The lowest BCUT2D eigenvalue weighted by atomic mass is 9.88. The Bertz CT molecular complexity index is 1530. The number of carbonyl (C=O) groups is 2. The summed E-state index contributed by atoms with van der Waals surface area (Å²) in [5.41, 5.74) is 8.28. The number of anilines is 1. The predicted octanol–water partition coefficient (Wildman–Crippen LogP) is 6.57. The van der Waals surface area contributed by atoms with E-state index in [1.165, 1.54) is 11.1 Å². The second-order valence-corrected chi connectivity index (χ2v) is 11.6. The third-order valence-electron chi connectivity index (χ3n) is 7.93. The van der Waals surface area contributed by atoms with Crippen molar-refractivity contribution in [2.24, 2.45) is 13.0 Å². The van der Waals surface area contributed by atoms with Crippen molar-refractivity contribution >= 4 is 17.5 Å². The first-order valence-corrected chi connectivity index (χ1v) is 14.4. The molecule has 0 bridgehead atoms. The Morgan fingerprint density at radius 2 is 1.68 bits per heavy atom. The quantitative estimate of drug-likeness (QED) is 0.283. The lowest BCUT2D eigenvalue weighted by Crippen LogP contribution is -2.38. The van der Waals surface area contributed by atoms with E-state index in [1.54, 1.807) is 12.3 Å². The molecule has 1 aliphatic rings. The number of piperidine rings is 1. The van der Waals surface area contributed by atoms with E-state index in [9.17, 15) is 9.59 Å². The lowest BCUT2D eigenvalue weighted by molar-refractivity contribution is 0.0712. The van der Waals surface area contributed by atoms with Crippen LogP contribution in [0.25, 0.3) is 11.1 Å². The molecule has 0 atom stereocenters. The summed E-state index contributed by atoms with van der Waals surface area (Å²) >= 11 is 0. The topological polar surface area (TPSA) is 80.1 Å². The molecular weight excluding hydrogens is 510 g/mol. The Hall–Kier alpha value is -4.26. The molecule has 0 spiro atoms. The Kier molecular flexibility index (Phi) is 8.34. The maximum atomic E-state index is 13.4. The van der Waals surface area contributed by atoms with Gasteiger partial charge in [0.2, 0.25) is 0 Å². The smallest absolute Gasteiger partial charge is 0.257 e. The molecule has 0 unspecified atom stereocenters. The Balaban J connectivity index is 1.20. The van der Waals surface area contributed by atoms with Gasteiger partial charge >= 0.3 is 0 Å². The molecule has 1 aliphatic heterocycles. The van der Waals surface area contributed by atoms with Gasteiger partial charge in [0, 0.05) is 55.0 Å². The summed E-state index contributed by atoms with van der Waals surface area (Å²) in [5, 5.41) is 7.43.